The van der Waals surface area contributed by atoms with E-state index < -0.39 is 5.41 Å². The molecule has 2 aromatic rings. The fourth-order valence-corrected chi connectivity index (χ4v) is 5.78. The largest absolute Gasteiger partial charge is 0.343 e. The first kappa shape index (κ1) is 24.4. The van der Waals surface area contributed by atoms with E-state index in [1.807, 2.05) is 18.7 Å². The van der Waals surface area contributed by atoms with Crippen LogP contribution in [-0.2, 0) is 9.59 Å². The zero-order valence-electron chi connectivity index (χ0n) is 22.0. The third kappa shape index (κ3) is 3.83. The van der Waals surface area contributed by atoms with Gasteiger partial charge in [0.1, 0.15) is 0 Å². The maximum Gasteiger partial charge on any atom is 0.227 e. The first-order chi connectivity index (χ1) is 15.9. The zero-order valence-corrected chi connectivity index (χ0v) is 22.0. The molecule has 3 heteroatoms. The molecular formula is C31H39NO2. The Morgan fingerprint density at radius 3 is 1.91 bits per heavy atom. The summed E-state index contributed by atoms with van der Waals surface area (Å²) in [6.07, 6.45) is 4.34. The average Bonchev–Trinajstić information content (AvgIpc) is 3.40. The number of hydrogen-bond acceptors (Lipinski definition) is 2. The van der Waals surface area contributed by atoms with E-state index in [2.05, 4.69) is 96.2 Å². The molecule has 0 unspecified atom stereocenters. The molecule has 1 fully saturated rings. The van der Waals surface area contributed by atoms with Crippen LogP contribution < -0.4 is 0 Å². The fourth-order valence-electron chi connectivity index (χ4n) is 5.78. The van der Waals surface area contributed by atoms with Crippen LogP contribution >= 0.6 is 0 Å². The molecule has 0 heterocycles. The molecule has 4 rings (SSSR count). The highest BCUT2D eigenvalue weighted by atomic mass is 16.2. The van der Waals surface area contributed by atoms with Gasteiger partial charge in [0.25, 0.3) is 0 Å². The van der Waals surface area contributed by atoms with Gasteiger partial charge in [-0.05, 0) is 41.0 Å². The minimum absolute atomic E-state index is 0.00880. The van der Waals surface area contributed by atoms with Crippen molar-refractivity contribution in [1.82, 2.24) is 4.90 Å². The van der Waals surface area contributed by atoms with Gasteiger partial charge >= 0.3 is 0 Å². The van der Waals surface area contributed by atoms with Crippen LogP contribution in [0.4, 0.5) is 0 Å². The Morgan fingerprint density at radius 1 is 0.853 bits per heavy atom. The predicted octanol–water partition coefficient (Wildman–Crippen LogP) is 6.94. The monoisotopic (exact) mass is 457 g/mol. The van der Waals surface area contributed by atoms with Crippen LogP contribution in [0.2, 0.25) is 0 Å². The van der Waals surface area contributed by atoms with Gasteiger partial charge < -0.3 is 4.90 Å². The molecule has 0 aliphatic heterocycles. The highest BCUT2D eigenvalue weighted by Crippen LogP contribution is 2.70. The first-order valence-corrected chi connectivity index (χ1v) is 12.6. The molecule has 0 bridgehead atoms. The Bertz CT molecular complexity index is 1160. The molecule has 180 valence electrons. The van der Waals surface area contributed by atoms with E-state index in [-0.39, 0.29) is 34.4 Å². The van der Waals surface area contributed by atoms with Crippen molar-refractivity contribution in [3.05, 3.63) is 71.3 Å². The van der Waals surface area contributed by atoms with Crippen LogP contribution in [0.3, 0.4) is 0 Å². The summed E-state index contributed by atoms with van der Waals surface area (Å²) in [6.45, 7) is 18.1. The smallest absolute Gasteiger partial charge is 0.227 e. The van der Waals surface area contributed by atoms with Crippen molar-refractivity contribution >= 4 is 22.5 Å². The highest BCUT2D eigenvalue weighted by Gasteiger charge is 2.68. The van der Waals surface area contributed by atoms with Crippen LogP contribution in [0, 0.1) is 22.2 Å². The van der Waals surface area contributed by atoms with Crippen LogP contribution in [0.15, 0.2) is 65.8 Å². The van der Waals surface area contributed by atoms with E-state index in [9.17, 15) is 9.59 Å². The summed E-state index contributed by atoms with van der Waals surface area (Å²) in [5.74, 6) is 0.116. The number of amides is 1. The van der Waals surface area contributed by atoms with E-state index in [4.69, 9.17) is 0 Å². The number of carbonyl (C=O) groups excluding carboxylic acids is 2. The lowest BCUT2D eigenvalue weighted by Gasteiger charge is -2.34. The molecule has 1 amide bonds. The maximum absolute atomic E-state index is 13.9. The molecule has 0 N–H and O–H groups in total. The van der Waals surface area contributed by atoms with Crippen LogP contribution in [0.5, 0.6) is 0 Å². The lowest BCUT2D eigenvalue weighted by molar-refractivity contribution is -0.132. The molecule has 0 saturated heterocycles. The van der Waals surface area contributed by atoms with Crippen molar-refractivity contribution in [2.45, 2.75) is 61.3 Å². The number of rotatable bonds is 4. The number of carbonyl (C=O) groups is 2. The Morgan fingerprint density at radius 2 is 1.38 bits per heavy atom. The number of hydrogen-bond donors (Lipinski definition) is 0. The minimum Gasteiger partial charge on any atom is -0.343 e. The lowest BCUT2D eigenvalue weighted by Crippen LogP contribution is -2.35. The van der Waals surface area contributed by atoms with E-state index in [0.29, 0.717) is 13.1 Å². The molecule has 2 aromatic carbocycles. The Kier molecular flexibility index (Phi) is 5.91. The number of nitrogens with zero attached hydrogens (tertiary/aromatic N) is 1. The molecule has 2 atom stereocenters. The van der Waals surface area contributed by atoms with Crippen molar-refractivity contribution in [2.24, 2.45) is 22.2 Å². The Labute approximate surface area is 204 Å². The SMILES string of the molecule is CCN(CC)C(=O)[C@H]1[C@@H](c2cccc3ccccc23)C12C=C(C(C)(C)C)C(=O)C(C(C)(C)C)=C2. The van der Waals surface area contributed by atoms with Gasteiger partial charge in [-0.25, -0.2) is 0 Å². The second-order valence-electron chi connectivity index (χ2n) is 12.0. The summed E-state index contributed by atoms with van der Waals surface area (Å²) in [6, 6.07) is 14.8. The van der Waals surface area contributed by atoms with E-state index in [1.165, 1.54) is 16.3 Å². The lowest BCUT2D eigenvalue weighted by atomic mass is 9.69. The summed E-state index contributed by atoms with van der Waals surface area (Å²) in [7, 11) is 0. The van der Waals surface area contributed by atoms with Gasteiger partial charge in [-0.3, -0.25) is 9.59 Å². The third-order valence-corrected chi connectivity index (χ3v) is 7.70. The number of ketones is 1. The highest BCUT2D eigenvalue weighted by molar-refractivity contribution is 6.12. The number of benzene rings is 2. The predicted molar refractivity (Wildman–Crippen MR) is 141 cm³/mol. The van der Waals surface area contributed by atoms with Gasteiger partial charge in [-0.1, -0.05) is 96.2 Å². The second-order valence-corrected chi connectivity index (χ2v) is 12.0. The number of fused-ring (bicyclic) bond motifs is 1. The van der Waals surface area contributed by atoms with Gasteiger partial charge in [-0.15, -0.1) is 0 Å². The van der Waals surface area contributed by atoms with Gasteiger partial charge in [-0.2, -0.15) is 0 Å². The van der Waals surface area contributed by atoms with Crippen LogP contribution in [0.25, 0.3) is 10.8 Å². The molecule has 3 nitrogen and oxygen atoms in total. The summed E-state index contributed by atoms with van der Waals surface area (Å²) in [4.78, 5) is 29.6. The fraction of sp³-hybridized carbons (Fsp3) is 0.484. The first-order valence-electron chi connectivity index (χ1n) is 12.6. The Hall–Kier alpha value is -2.68. The van der Waals surface area contributed by atoms with Gasteiger partial charge in [0.15, 0.2) is 5.78 Å². The van der Waals surface area contributed by atoms with Crippen LogP contribution in [-0.4, -0.2) is 29.7 Å². The van der Waals surface area contributed by atoms with Gasteiger partial charge in [0, 0.05) is 35.6 Å². The molecule has 0 radical (unpaired) electrons. The van der Waals surface area contributed by atoms with Crippen molar-refractivity contribution in [3.63, 3.8) is 0 Å². The molecule has 0 aromatic heterocycles. The molecule has 2 aliphatic carbocycles. The normalized spacial score (nSPS) is 21.9. The van der Waals surface area contributed by atoms with Gasteiger partial charge in [0.2, 0.25) is 5.91 Å². The summed E-state index contributed by atoms with van der Waals surface area (Å²) < 4.78 is 0. The van der Waals surface area contributed by atoms with Gasteiger partial charge in [0.05, 0.1) is 5.92 Å². The quantitative estimate of drug-likeness (QED) is 0.499. The summed E-state index contributed by atoms with van der Waals surface area (Å²) in [5.41, 5.74) is 1.78. The Balaban J connectivity index is 2.00. The second kappa shape index (κ2) is 8.22. The van der Waals surface area contributed by atoms with Crippen LogP contribution in [0.1, 0.15) is 66.9 Å². The van der Waals surface area contributed by atoms with E-state index in [1.54, 1.807) is 0 Å². The minimum atomic E-state index is -0.483. The molecule has 1 saturated carbocycles. The molecular weight excluding hydrogens is 418 g/mol. The average molecular weight is 458 g/mol. The van der Waals surface area contributed by atoms with Crippen molar-refractivity contribution in [1.29, 1.82) is 0 Å². The van der Waals surface area contributed by atoms with E-state index >= 15 is 0 Å². The van der Waals surface area contributed by atoms with Crippen molar-refractivity contribution in [2.75, 3.05) is 13.1 Å². The number of Topliss-reactive ketones (excluding diaryl/α,β-unsaturated/α-hetero) is 1. The molecule has 2 aliphatic rings. The topological polar surface area (TPSA) is 37.4 Å². The zero-order chi connectivity index (χ0) is 25.1. The third-order valence-electron chi connectivity index (χ3n) is 7.70. The summed E-state index contributed by atoms with van der Waals surface area (Å²) in [5, 5.41) is 2.38. The van der Waals surface area contributed by atoms with Crippen molar-refractivity contribution < 1.29 is 9.59 Å². The van der Waals surface area contributed by atoms with Crippen molar-refractivity contribution in [3.8, 4) is 0 Å². The van der Waals surface area contributed by atoms with E-state index in [0.717, 1.165) is 11.1 Å². The number of allylic oxidation sites excluding steroid dienone is 4. The molecule has 34 heavy (non-hydrogen) atoms. The maximum atomic E-state index is 13.9. The summed E-state index contributed by atoms with van der Waals surface area (Å²) >= 11 is 0. The standard InChI is InChI=1S/C31H39NO2/c1-9-32(10-2)28(34)26-25(22-17-13-15-20-14-11-12-16-21(20)22)31(26)18-23(29(3,4)5)27(33)24(19-31)30(6,7)8/h11-19,25-26H,9-10H2,1-8H3/t25-,26-/m1/s1. The molecule has 1 spiro atoms.